The van der Waals surface area contributed by atoms with Crippen LogP contribution < -0.4 is 14.2 Å². The van der Waals surface area contributed by atoms with E-state index in [9.17, 15) is 21.6 Å². The van der Waals surface area contributed by atoms with E-state index >= 15 is 0 Å². The van der Waals surface area contributed by atoms with Gasteiger partial charge in [0.05, 0.1) is 4.90 Å². The lowest BCUT2D eigenvalue weighted by molar-refractivity contribution is -0.145. The van der Waals surface area contributed by atoms with Crippen molar-refractivity contribution in [2.45, 2.75) is 29.4 Å². The van der Waals surface area contributed by atoms with E-state index in [0.717, 1.165) is 4.31 Å². The van der Waals surface area contributed by atoms with E-state index in [4.69, 9.17) is 18.6 Å². The number of nitrogens with zero attached hydrogens (tertiary/aromatic N) is 1. The number of esters is 1. The molecule has 0 saturated carbocycles. The normalized spacial score (nSPS) is 13.8. The van der Waals surface area contributed by atoms with E-state index in [1.165, 1.54) is 44.4 Å². The van der Waals surface area contributed by atoms with Crippen molar-refractivity contribution in [2.75, 3.05) is 33.9 Å². The lowest BCUT2D eigenvalue weighted by Crippen LogP contribution is -2.25. The maximum absolute atomic E-state index is 12.4. The molecule has 32 heavy (non-hydrogen) atoms. The van der Waals surface area contributed by atoms with Crippen LogP contribution in [0.1, 0.15) is 18.6 Å². The first-order valence-electron chi connectivity index (χ1n) is 9.66. The predicted molar refractivity (Wildman–Crippen MR) is 111 cm³/mol. The summed E-state index contributed by atoms with van der Waals surface area (Å²) in [5, 5.41) is -0.248. The van der Waals surface area contributed by atoms with Crippen LogP contribution in [0.25, 0.3) is 0 Å². The molecule has 0 saturated heterocycles. The highest BCUT2D eigenvalue weighted by atomic mass is 32.2. The van der Waals surface area contributed by atoms with Crippen LogP contribution in [0.15, 0.2) is 44.7 Å². The van der Waals surface area contributed by atoms with Crippen molar-refractivity contribution in [1.29, 1.82) is 0 Å². The van der Waals surface area contributed by atoms with Crippen LogP contribution >= 0.6 is 0 Å². The maximum Gasteiger partial charge on any atom is 0.306 e. The fraction of sp³-hybridized carbons (Fsp3) is 0.421. The van der Waals surface area contributed by atoms with Gasteiger partial charge in [-0.1, -0.05) is 0 Å². The van der Waals surface area contributed by atoms with Crippen molar-refractivity contribution in [3.8, 4) is 11.5 Å². The molecule has 11 nitrogen and oxygen atoms in total. The highest BCUT2D eigenvalue weighted by Crippen LogP contribution is 2.32. The monoisotopic (exact) mass is 488 g/mol. The topological polar surface area (TPSA) is 141 Å². The smallest absolute Gasteiger partial charge is 0.306 e. The Morgan fingerprint density at radius 2 is 1.78 bits per heavy atom. The van der Waals surface area contributed by atoms with E-state index in [1.807, 2.05) is 0 Å². The van der Waals surface area contributed by atoms with Gasteiger partial charge in [-0.15, -0.1) is 0 Å². The summed E-state index contributed by atoms with van der Waals surface area (Å²) in [6.07, 6.45) is 0.175. The molecule has 1 aliphatic heterocycles. The quantitative estimate of drug-likeness (QED) is 0.384. The summed E-state index contributed by atoms with van der Waals surface area (Å²) < 4.78 is 73.2. The van der Waals surface area contributed by atoms with E-state index in [0.29, 0.717) is 24.7 Å². The van der Waals surface area contributed by atoms with E-state index < -0.39 is 26.0 Å². The van der Waals surface area contributed by atoms with Crippen molar-refractivity contribution in [3.63, 3.8) is 0 Å². The van der Waals surface area contributed by atoms with Crippen LogP contribution in [-0.4, -0.2) is 61.0 Å². The van der Waals surface area contributed by atoms with Gasteiger partial charge in [-0.25, -0.2) is 25.9 Å². The molecule has 1 aromatic carbocycles. The number of ether oxygens (including phenoxy) is 3. The number of fused-ring (bicyclic) bond motifs is 1. The molecule has 0 fully saturated rings. The second-order valence-electron chi connectivity index (χ2n) is 6.98. The number of nitrogens with one attached hydrogen (secondary N) is 1. The first-order chi connectivity index (χ1) is 15.1. The summed E-state index contributed by atoms with van der Waals surface area (Å²) >= 11 is 0. The van der Waals surface area contributed by atoms with Gasteiger partial charge < -0.3 is 18.6 Å². The number of furan rings is 1. The molecule has 176 valence electrons. The average molecular weight is 489 g/mol. The van der Waals surface area contributed by atoms with E-state index in [2.05, 4.69) is 4.72 Å². The van der Waals surface area contributed by atoms with E-state index in [1.54, 1.807) is 0 Å². The van der Waals surface area contributed by atoms with Crippen LogP contribution in [0.5, 0.6) is 11.5 Å². The minimum Gasteiger partial charge on any atom is -0.486 e. The third kappa shape index (κ3) is 5.79. The maximum atomic E-state index is 12.4. The largest absolute Gasteiger partial charge is 0.486 e. The number of carbonyl (C=O) groups is 1. The molecule has 0 bridgehead atoms. The predicted octanol–water partition coefficient (Wildman–Crippen LogP) is 1.10. The van der Waals surface area contributed by atoms with Crippen LogP contribution in [0, 0.1) is 0 Å². The fourth-order valence-corrected chi connectivity index (χ4v) is 4.59. The Morgan fingerprint density at radius 1 is 1.06 bits per heavy atom. The Morgan fingerprint density at radius 3 is 2.50 bits per heavy atom. The number of sulfonamides is 2. The minimum atomic E-state index is -3.78. The molecular formula is C19H24N2O9S2. The molecule has 1 aliphatic rings. The molecule has 1 N–H and O–H groups in total. The zero-order chi connectivity index (χ0) is 23.4. The second kappa shape index (κ2) is 9.90. The zero-order valence-corrected chi connectivity index (χ0v) is 19.2. The van der Waals surface area contributed by atoms with Gasteiger partial charge in [0, 0.05) is 33.1 Å². The third-order valence-corrected chi connectivity index (χ3v) is 7.57. The van der Waals surface area contributed by atoms with Crippen molar-refractivity contribution < 1.29 is 40.3 Å². The van der Waals surface area contributed by atoms with Gasteiger partial charge in [-0.2, -0.15) is 0 Å². The van der Waals surface area contributed by atoms with Gasteiger partial charge in [0.2, 0.25) is 15.1 Å². The summed E-state index contributed by atoms with van der Waals surface area (Å²) in [6.45, 7) is 0.545. The SMILES string of the molecule is CN(C)S(=O)(=O)c1ccc(COC(=O)CCCNS(=O)(=O)c2ccc3c(c2)OCCO3)o1. The Kier molecular flexibility index (Phi) is 7.44. The highest BCUT2D eigenvalue weighted by molar-refractivity contribution is 7.89. The van der Waals surface area contributed by atoms with Crippen molar-refractivity contribution in [1.82, 2.24) is 9.03 Å². The fourth-order valence-electron chi connectivity index (χ4n) is 2.69. The molecule has 0 radical (unpaired) electrons. The van der Waals surface area contributed by atoms with Gasteiger partial charge in [-0.05, 0) is 30.7 Å². The first kappa shape index (κ1) is 24.0. The van der Waals surface area contributed by atoms with Gasteiger partial charge in [0.15, 0.2) is 11.5 Å². The molecule has 13 heteroatoms. The van der Waals surface area contributed by atoms with Crippen molar-refractivity contribution in [2.24, 2.45) is 0 Å². The number of carbonyl (C=O) groups excluding carboxylic acids is 1. The lowest BCUT2D eigenvalue weighted by atomic mass is 10.3. The number of benzene rings is 1. The van der Waals surface area contributed by atoms with Crippen molar-refractivity contribution >= 4 is 26.0 Å². The van der Waals surface area contributed by atoms with Crippen LogP contribution in [0.2, 0.25) is 0 Å². The second-order valence-corrected chi connectivity index (χ2v) is 10.8. The number of rotatable bonds is 10. The Labute approximate surface area is 186 Å². The molecule has 3 rings (SSSR count). The van der Waals surface area contributed by atoms with Gasteiger partial charge in [-0.3, -0.25) is 4.79 Å². The zero-order valence-electron chi connectivity index (χ0n) is 17.6. The highest BCUT2D eigenvalue weighted by Gasteiger charge is 2.22. The summed E-state index contributed by atoms with van der Waals surface area (Å²) in [5.41, 5.74) is 0. The van der Waals surface area contributed by atoms with Gasteiger partial charge in [0.1, 0.15) is 25.6 Å². The molecular weight excluding hydrogens is 464 g/mol. The lowest BCUT2D eigenvalue weighted by Gasteiger charge is -2.18. The molecule has 0 unspecified atom stereocenters. The van der Waals surface area contributed by atoms with Crippen LogP contribution in [0.4, 0.5) is 0 Å². The van der Waals surface area contributed by atoms with Crippen LogP contribution in [0.3, 0.4) is 0 Å². The van der Waals surface area contributed by atoms with E-state index in [-0.39, 0.29) is 41.7 Å². The summed E-state index contributed by atoms with van der Waals surface area (Å²) in [5.74, 6) is 0.457. The Hall–Kier alpha value is -2.61. The third-order valence-electron chi connectivity index (χ3n) is 4.42. The molecule has 2 heterocycles. The molecule has 0 spiro atoms. The first-order valence-corrected chi connectivity index (χ1v) is 12.6. The minimum absolute atomic E-state index is 0.0256. The summed E-state index contributed by atoms with van der Waals surface area (Å²) in [6, 6.07) is 7.03. The Balaban J connectivity index is 1.43. The molecule has 1 aromatic heterocycles. The average Bonchev–Trinajstić information content (AvgIpc) is 3.25. The molecule has 2 aromatic rings. The molecule has 0 aliphatic carbocycles. The number of hydrogen-bond donors (Lipinski definition) is 1. The van der Waals surface area contributed by atoms with Crippen LogP contribution in [-0.2, 0) is 36.2 Å². The Bertz CT molecular complexity index is 1170. The summed E-state index contributed by atoms with van der Waals surface area (Å²) in [7, 11) is -4.74. The standard InChI is InChI=1S/C19H24N2O9S2/c1-21(2)32(25,26)19-8-5-14(30-19)13-29-18(22)4-3-9-20-31(23,24)15-6-7-16-17(12-15)28-11-10-27-16/h5-8,12,20H,3-4,9-11,13H2,1-2H3. The van der Waals surface area contributed by atoms with Gasteiger partial charge >= 0.3 is 5.97 Å². The van der Waals surface area contributed by atoms with Gasteiger partial charge in [0.25, 0.3) is 10.0 Å². The van der Waals surface area contributed by atoms with Crippen molar-refractivity contribution in [3.05, 3.63) is 36.1 Å². The number of hydrogen-bond acceptors (Lipinski definition) is 9. The molecule has 0 atom stereocenters. The molecule has 0 amide bonds. The summed E-state index contributed by atoms with van der Waals surface area (Å²) in [4.78, 5) is 11.9.